The van der Waals surface area contributed by atoms with Gasteiger partial charge in [0.1, 0.15) is 6.04 Å². The van der Waals surface area contributed by atoms with E-state index in [0.29, 0.717) is 5.01 Å². The van der Waals surface area contributed by atoms with Crippen molar-refractivity contribution in [1.82, 2.24) is 19.9 Å². The molecule has 1 aromatic carbocycles. The number of methoxy groups -OCH3 is 1. The maximum atomic E-state index is 12.5. The van der Waals surface area contributed by atoms with Crippen LogP contribution in [0, 0.1) is 6.92 Å². The number of aromatic nitrogens is 3. The smallest absolute Gasteiger partial charge is 0.330 e. The van der Waals surface area contributed by atoms with Crippen molar-refractivity contribution in [2.24, 2.45) is 0 Å². The number of benzene rings is 1. The Kier molecular flexibility index (Phi) is 4.57. The molecule has 24 heavy (non-hydrogen) atoms. The highest BCUT2D eigenvalue weighted by atomic mass is 32.1. The number of amides is 1. The van der Waals surface area contributed by atoms with Gasteiger partial charge in [-0.15, -0.1) is 11.3 Å². The minimum Gasteiger partial charge on any atom is -0.467 e. The van der Waals surface area contributed by atoms with Gasteiger partial charge in [0.15, 0.2) is 5.01 Å². The fourth-order valence-corrected chi connectivity index (χ4v) is 3.28. The molecule has 1 atom stereocenters. The molecule has 1 N–H and O–H groups in total. The molecule has 1 amide bonds. The van der Waals surface area contributed by atoms with Crippen LogP contribution >= 0.6 is 11.3 Å². The molecule has 0 fully saturated rings. The zero-order chi connectivity index (χ0) is 17.1. The molecule has 0 spiro atoms. The second-order valence-corrected chi connectivity index (χ2v) is 6.28. The first-order valence-corrected chi connectivity index (χ1v) is 8.10. The predicted molar refractivity (Wildman–Crippen MR) is 89.9 cm³/mol. The van der Waals surface area contributed by atoms with E-state index in [1.807, 2.05) is 25.1 Å². The summed E-state index contributed by atoms with van der Waals surface area (Å²) in [6.45, 7) is 2.18. The van der Waals surface area contributed by atoms with Crippen LogP contribution in [0.1, 0.15) is 15.4 Å². The lowest BCUT2D eigenvalue weighted by molar-refractivity contribution is -0.143. The fraction of sp³-hybridized carbons (Fsp3) is 0.250. The van der Waals surface area contributed by atoms with Crippen LogP contribution < -0.4 is 5.32 Å². The molecule has 0 saturated heterocycles. The van der Waals surface area contributed by atoms with Crippen molar-refractivity contribution in [3.8, 4) is 0 Å². The molecule has 0 saturated carbocycles. The Balaban J connectivity index is 1.81. The Morgan fingerprint density at radius 3 is 2.92 bits per heavy atom. The van der Waals surface area contributed by atoms with Crippen molar-refractivity contribution < 1.29 is 14.3 Å². The fourth-order valence-electron chi connectivity index (χ4n) is 2.33. The minimum absolute atomic E-state index is 0.238. The van der Waals surface area contributed by atoms with Gasteiger partial charge in [0.25, 0.3) is 5.91 Å². The number of para-hydroxylation sites is 1. The van der Waals surface area contributed by atoms with Crippen molar-refractivity contribution >= 4 is 33.4 Å². The van der Waals surface area contributed by atoms with E-state index >= 15 is 0 Å². The molecule has 0 aliphatic rings. The largest absolute Gasteiger partial charge is 0.467 e. The van der Waals surface area contributed by atoms with Gasteiger partial charge in [0.05, 0.1) is 30.2 Å². The summed E-state index contributed by atoms with van der Waals surface area (Å²) in [6, 6.07) is 4.97. The third-order valence-corrected chi connectivity index (χ3v) is 4.58. The van der Waals surface area contributed by atoms with E-state index < -0.39 is 17.9 Å². The summed E-state index contributed by atoms with van der Waals surface area (Å²) in [5.74, 6) is -0.916. The zero-order valence-electron chi connectivity index (χ0n) is 13.2. The van der Waals surface area contributed by atoms with Gasteiger partial charge in [0, 0.05) is 12.4 Å². The summed E-state index contributed by atoms with van der Waals surface area (Å²) < 4.78 is 7.40. The number of ether oxygens (including phenoxy) is 1. The second-order valence-electron chi connectivity index (χ2n) is 5.25. The molecule has 0 radical (unpaired) electrons. The summed E-state index contributed by atoms with van der Waals surface area (Å²) in [5, 5.41) is 3.01. The van der Waals surface area contributed by atoms with E-state index in [1.165, 1.54) is 18.4 Å². The summed E-state index contributed by atoms with van der Waals surface area (Å²) in [5.41, 5.74) is 1.81. The summed E-state index contributed by atoms with van der Waals surface area (Å²) in [4.78, 5) is 32.7. The highest BCUT2D eigenvalue weighted by molar-refractivity contribution is 7.20. The molecular weight excluding hydrogens is 328 g/mol. The van der Waals surface area contributed by atoms with Crippen LogP contribution in [0.2, 0.25) is 0 Å². The van der Waals surface area contributed by atoms with E-state index in [2.05, 4.69) is 15.3 Å². The third kappa shape index (κ3) is 3.28. The standard InChI is InChI=1S/C16H16N4O3S/c1-10-4-3-5-12-13(10)19-15(24-12)14(21)18-11(16(22)23-2)8-20-7-6-17-9-20/h3-7,9,11H,8H2,1-2H3,(H,18,21). The number of carbonyl (C=O) groups excluding carboxylic acids is 2. The van der Waals surface area contributed by atoms with Crippen molar-refractivity contribution in [3.63, 3.8) is 0 Å². The van der Waals surface area contributed by atoms with Crippen LogP contribution in [0.25, 0.3) is 10.2 Å². The first-order chi connectivity index (χ1) is 11.6. The van der Waals surface area contributed by atoms with Gasteiger partial charge in [-0.05, 0) is 18.6 Å². The lowest BCUT2D eigenvalue weighted by Gasteiger charge is -2.16. The average Bonchev–Trinajstić information content (AvgIpc) is 3.23. The van der Waals surface area contributed by atoms with Crippen LogP contribution in [0.3, 0.4) is 0 Å². The number of hydrogen-bond acceptors (Lipinski definition) is 6. The first kappa shape index (κ1) is 16.1. The van der Waals surface area contributed by atoms with Crippen LogP contribution in [0.4, 0.5) is 0 Å². The van der Waals surface area contributed by atoms with Crippen LogP contribution in [0.15, 0.2) is 36.9 Å². The Morgan fingerprint density at radius 1 is 1.42 bits per heavy atom. The minimum atomic E-state index is -0.815. The lowest BCUT2D eigenvalue weighted by Crippen LogP contribution is -2.44. The third-order valence-electron chi connectivity index (χ3n) is 3.56. The summed E-state index contributed by atoms with van der Waals surface area (Å²) in [6.07, 6.45) is 4.89. The Morgan fingerprint density at radius 2 is 2.25 bits per heavy atom. The Hall–Kier alpha value is -2.74. The molecule has 2 aromatic heterocycles. The van der Waals surface area contributed by atoms with Gasteiger partial charge in [-0.2, -0.15) is 0 Å². The number of fused-ring (bicyclic) bond motifs is 1. The van der Waals surface area contributed by atoms with Gasteiger partial charge < -0.3 is 14.6 Å². The number of thiazole rings is 1. The topological polar surface area (TPSA) is 86.1 Å². The second kappa shape index (κ2) is 6.79. The van der Waals surface area contributed by atoms with Gasteiger partial charge in [0.2, 0.25) is 0 Å². The molecule has 3 rings (SSSR count). The van der Waals surface area contributed by atoms with Gasteiger partial charge in [-0.1, -0.05) is 12.1 Å². The van der Waals surface area contributed by atoms with E-state index in [0.717, 1.165) is 15.8 Å². The summed E-state index contributed by atoms with van der Waals surface area (Å²) >= 11 is 1.29. The average molecular weight is 344 g/mol. The maximum Gasteiger partial charge on any atom is 0.330 e. The summed E-state index contributed by atoms with van der Waals surface area (Å²) in [7, 11) is 1.29. The zero-order valence-corrected chi connectivity index (χ0v) is 14.0. The molecule has 0 aliphatic heterocycles. The normalized spacial score (nSPS) is 12.1. The van der Waals surface area contributed by atoms with Crippen LogP contribution in [-0.4, -0.2) is 39.6 Å². The number of esters is 1. The Bertz CT molecular complexity index is 873. The Labute approximate surface area is 142 Å². The van der Waals surface area contributed by atoms with Gasteiger partial charge in [-0.25, -0.2) is 14.8 Å². The van der Waals surface area contributed by atoms with Crippen molar-refractivity contribution in [2.45, 2.75) is 19.5 Å². The lowest BCUT2D eigenvalue weighted by atomic mass is 10.2. The molecule has 124 valence electrons. The number of rotatable bonds is 5. The first-order valence-electron chi connectivity index (χ1n) is 7.29. The van der Waals surface area contributed by atoms with Crippen LogP contribution in [-0.2, 0) is 16.1 Å². The highest BCUT2D eigenvalue weighted by Gasteiger charge is 2.24. The van der Waals surface area contributed by atoms with E-state index in [4.69, 9.17) is 4.74 Å². The highest BCUT2D eigenvalue weighted by Crippen LogP contribution is 2.24. The maximum absolute atomic E-state index is 12.5. The van der Waals surface area contributed by atoms with Gasteiger partial charge in [-0.3, -0.25) is 4.79 Å². The molecule has 8 heteroatoms. The van der Waals surface area contributed by atoms with Gasteiger partial charge >= 0.3 is 5.97 Å². The molecule has 0 bridgehead atoms. The number of nitrogens with one attached hydrogen (secondary N) is 1. The number of hydrogen-bond donors (Lipinski definition) is 1. The molecule has 1 unspecified atom stereocenters. The number of imidazole rings is 1. The van der Waals surface area contributed by atoms with Crippen molar-refractivity contribution in [3.05, 3.63) is 47.5 Å². The molecule has 7 nitrogen and oxygen atoms in total. The molecular formula is C16H16N4O3S. The molecule has 3 aromatic rings. The van der Waals surface area contributed by atoms with Crippen LogP contribution in [0.5, 0.6) is 0 Å². The predicted octanol–water partition coefficient (Wildman–Crippen LogP) is 1.77. The van der Waals surface area contributed by atoms with E-state index in [9.17, 15) is 9.59 Å². The number of aryl methyl sites for hydroxylation is 1. The quantitative estimate of drug-likeness (QED) is 0.713. The SMILES string of the molecule is COC(=O)C(Cn1ccnc1)NC(=O)c1nc2c(C)cccc2s1. The van der Waals surface area contributed by atoms with Crippen molar-refractivity contribution in [1.29, 1.82) is 0 Å². The monoisotopic (exact) mass is 344 g/mol. The molecule has 0 aliphatic carbocycles. The molecule has 2 heterocycles. The van der Waals surface area contributed by atoms with Crippen molar-refractivity contribution in [2.75, 3.05) is 7.11 Å². The van der Waals surface area contributed by atoms with E-state index in [-0.39, 0.29) is 6.54 Å². The number of carbonyl (C=O) groups is 2. The van der Waals surface area contributed by atoms with E-state index in [1.54, 1.807) is 23.3 Å². The number of nitrogens with zero attached hydrogens (tertiary/aromatic N) is 3.